The summed E-state index contributed by atoms with van der Waals surface area (Å²) in [7, 11) is -3.74. The Labute approximate surface area is 157 Å². The summed E-state index contributed by atoms with van der Waals surface area (Å²) in [5.74, 6) is -1.63. The van der Waals surface area contributed by atoms with E-state index < -0.39 is 21.9 Å². The molecule has 2 aromatic carbocycles. The minimum absolute atomic E-state index is 0.130. The van der Waals surface area contributed by atoms with Gasteiger partial charge < -0.3 is 10.4 Å². The molecule has 0 aliphatic heterocycles. The Kier molecular flexibility index (Phi) is 5.46. The van der Waals surface area contributed by atoms with E-state index in [0.717, 1.165) is 0 Å². The average molecular weight is 388 g/mol. The summed E-state index contributed by atoms with van der Waals surface area (Å²) < 4.78 is 27.2. The van der Waals surface area contributed by atoms with Crippen LogP contribution < -0.4 is 10.0 Å². The molecule has 0 bridgehead atoms. The van der Waals surface area contributed by atoms with Crippen molar-refractivity contribution in [2.75, 3.05) is 4.72 Å². The quantitative estimate of drug-likeness (QED) is 0.704. The van der Waals surface area contributed by atoms with Crippen LogP contribution in [0.5, 0.6) is 0 Å². The zero-order valence-electron chi connectivity index (χ0n) is 14.5. The number of carbonyl (C=O) groups excluding carboxylic acids is 1. The molecular weight excluding hydrogens is 368 g/mol. The Morgan fingerprint density at radius 1 is 1.00 bits per heavy atom. The number of carboxylic acids is 1. The zero-order chi connectivity index (χ0) is 19.4. The highest BCUT2D eigenvalue weighted by molar-refractivity contribution is 7.92. The van der Waals surface area contributed by atoms with Crippen LogP contribution in [0.3, 0.4) is 0 Å². The summed E-state index contributed by atoms with van der Waals surface area (Å²) in [4.78, 5) is 23.6. The number of hydrogen-bond donors (Lipinski definition) is 3. The second-order valence-corrected chi connectivity index (χ2v) is 8.20. The van der Waals surface area contributed by atoms with Gasteiger partial charge >= 0.3 is 5.97 Å². The normalized spacial score (nSPS) is 19.4. The number of anilines is 1. The van der Waals surface area contributed by atoms with Crippen LogP contribution in [-0.2, 0) is 14.8 Å². The maximum Gasteiger partial charge on any atom is 0.306 e. The van der Waals surface area contributed by atoms with Crippen molar-refractivity contribution in [3.63, 3.8) is 0 Å². The van der Waals surface area contributed by atoms with Crippen LogP contribution in [0.2, 0.25) is 0 Å². The first-order valence-corrected chi connectivity index (χ1v) is 10.0. The third-order valence-electron chi connectivity index (χ3n) is 4.55. The van der Waals surface area contributed by atoms with Crippen molar-refractivity contribution in [2.45, 2.75) is 30.2 Å². The highest BCUT2D eigenvalue weighted by Crippen LogP contribution is 2.26. The van der Waals surface area contributed by atoms with Crippen molar-refractivity contribution in [3.8, 4) is 0 Å². The van der Waals surface area contributed by atoms with Gasteiger partial charge in [0.1, 0.15) is 0 Å². The topological polar surface area (TPSA) is 113 Å². The van der Waals surface area contributed by atoms with Gasteiger partial charge in [-0.2, -0.15) is 0 Å². The van der Waals surface area contributed by atoms with E-state index in [2.05, 4.69) is 10.0 Å². The molecule has 27 heavy (non-hydrogen) atoms. The molecule has 3 N–H and O–H groups in total. The average Bonchev–Trinajstić information content (AvgIpc) is 3.11. The van der Waals surface area contributed by atoms with Gasteiger partial charge in [0.2, 0.25) is 0 Å². The third kappa shape index (κ3) is 4.65. The number of rotatable bonds is 6. The summed E-state index contributed by atoms with van der Waals surface area (Å²) in [6, 6.07) is 14.0. The van der Waals surface area contributed by atoms with E-state index >= 15 is 0 Å². The molecule has 1 aliphatic carbocycles. The molecule has 2 atom stereocenters. The Balaban J connectivity index is 1.68. The van der Waals surface area contributed by atoms with Crippen LogP contribution in [0.15, 0.2) is 59.5 Å². The molecule has 1 saturated carbocycles. The Morgan fingerprint density at radius 2 is 1.74 bits per heavy atom. The molecule has 3 rings (SSSR count). The van der Waals surface area contributed by atoms with Crippen molar-refractivity contribution in [2.24, 2.45) is 5.92 Å². The highest BCUT2D eigenvalue weighted by atomic mass is 32.2. The van der Waals surface area contributed by atoms with E-state index in [1.807, 2.05) is 0 Å². The van der Waals surface area contributed by atoms with E-state index in [1.54, 1.807) is 36.4 Å². The standard InChI is InChI=1S/C19H20N2O5S/c22-18(20-15-10-9-14(12-15)19(23)24)13-5-4-6-16(11-13)21-27(25,26)17-7-2-1-3-8-17/h1-8,11,14-15,21H,9-10,12H2,(H,20,22)(H,23,24)/t14-,15+/m1/s1. The van der Waals surface area contributed by atoms with Gasteiger partial charge in [-0.05, 0) is 49.6 Å². The van der Waals surface area contributed by atoms with Crippen LogP contribution in [0.1, 0.15) is 29.6 Å². The Hall–Kier alpha value is -2.87. The van der Waals surface area contributed by atoms with Crippen LogP contribution in [0, 0.1) is 5.92 Å². The van der Waals surface area contributed by atoms with Crippen molar-refractivity contribution in [1.82, 2.24) is 5.32 Å². The molecular formula is C19H20N2O5S. The van der Waals surface area contributed by atoms with E-state index in [9.17, 15) is 18.0 Å². The van der Waals surface area contributed by atoms with E-state index in [4.69, 9.17) is 5.11 Å². The van der Waals surface area contributed by atoms with Crippen LogP contribution in [0.4, 0.5) is 5.69 Å². The molecule has 8 heteroatoms. The van der Waals surface area contributed by atoms with Crippen molar-refractivity contribution < 1.29 is 23.1 Å². The van der Waals surface area contributed by atoms with E-state index in [-0.39, 0.29) is 22.5 Å². The molecule has 0 radical (unpaired) electrons. The second-order valence-electron chi connectivity index (χ2n) is 6.52. The predicted molar refractivity (Wildman–Crippen MR) is 99.9 cm³/mol. The minimum Gasteiger partial charge on any atom is -0.481 e. The molecule has 0 unspecified atom stereocenters. The summed E-state index contributed by atoms with van der Waals surface area (Å²) in [5, 5.41) is 11.9. The SMILES string of the molecule is O=C(N[C@H]1CC[C@@H](C(=O)O)C1)c1cccc(NS(=O)(=O)c2ccccc2)c1. The van der Waals surface area contributed by atoms with E-state index in [1.165, 1.54) is 18.2 Å². The van der Waals surface area contributed by atoms with Crippen LogP contribution in [-0.4, -0.2) is 31.4 Å². The molecule has 0 aromatic heterocycles. The lowest BCUT2D eigenvalue weighted by atomic mass is 10.1. The molecule has 1 aliphatic rings. The summed E-state index contributed by atoms with van der Waals surface area (Å²) >= 11 is 0. The molecule has 1 fully saturated rings. The molecule has 0 spiro atoms. The van der Waals surface area contributed by atoms with Crippen LogP contribution in [0.25, 0.3) is 0 Å². The van der Waals surface area contributed by atoms with Gasteiger partial charge in [0.05, 0.1) is 10.8 Å². The van der Waals surface area contributed by atoms with Gasteiger partial charge in [0.25, 0.3) is 15.9 Å². The number of amides is 1. The zero-order valence-corrected chi connectivity index (χ0v) is 15.3. The highest BCUT2D eigenvalue weighted by Gasteiger charge is 2.30. The van der Waals surface area contributed by atoms with E-state index in [0.29, 0.717) is 24.8 Å². The second kappa shape index (κ2) is 7.79. The number of aliphatic carboxylic acids is 1. The number of hydrogen-bond acceptors (Lipinski definition) is 4. The maximum atomic E-state index is 12.4. The van der Waals surface area contributed by atoms with Crippen molar-refractivity contribution >= 4 is 27.6 Å². The minimum atomic E-state index is -3.74. The lowest BCUT2D eigenvalue weighted by Gasteiger charge is -2.13. The van der Waals surface area contributed by atoms with Gasteiger partial charge in [-0.25, -0.2) is 8.42 Å². The number of nitrogens with one attached hydrogen (secondary N) is 2. The Morgan fingerprint density at radius 3 is 2.41 bits per heavy atom. The molecule has 0 heterocycles. The first kappa shape index (κ1) is 18.9. The fourth-order valence-electron chi connectivity index (χ4n) is 3.14. The van der Waals surface area contributed by atoms with Gasteiger partial charge in [-0.15, -0.1) is 0 Å². The van der Waals surface area contributed by atoms with Gasteiger partial charge in [0, 0.05) is 17.3 Å². The molecule has 7 nitrogen and oxygen atoms in total. The lowest BCUT2D eigenvalue weighted by molar-refractivity contribution is -0.141. The maximum absolute atomic E-state index is 12.4. The lowest BCUT2D eigenvalue weighted by Crippen LogP contribution is -2.33. The number of sulfonamides is 1. The van der Waals surface area contributed by atoms with Gasteiger partial charge in [-0.1, -0.05) is 24.3 Å². The molecule has 0 saturated heterocycles. The van der Waals surface area contributed by atoms with Crippen LogP contribution >= 0.6 is 0 Å². The molecule has 2 aromatic rings. The number of benzene rings is 2. The smallest absolute Gasteiger partial charge is 0.306 e. The molecule has 1 amide bonds. The Bertz CT molecular complexity index is 944. The fraction of sp³-hybridized carbons (Fsp3) is 0.263. The fourth-order valence-corrected chi connectivity index (χ4v) is 4.21. The van der Waals surface area contributed by atoms with Crippen molar-refractivity contribution in [1.29, 1.82) is 0 Å². The third-order valence-corrected chi connectivity index (χ3v) is 5.94. The summed E-state index contributed by atoms with van der Waals surface area (Å²) in [6.07, 6.45) is 1.56. The van der Waals surface area contributed by atoms with Gasteiger partial charge in [0.15, 0.2) is 0 Å². The van der Waals surface area contributed by atoms with Gasteiger partial charge in [-0.3, -0.25) is 14.3 Å². The first-order chi connectivity index (χ1) is 12.8. The number of carboxylic acid groups (broad SMARTS) is 1. The monoisotopic (exact) mass is 388 g/mol. The largest absolute Gasteiger partial charge is 0.481 e. The summed E-state index contributed by atoms with van der Waals surface area (Å²) in [6.45, 7) is 0. The first-order valence-electron chi connectivity index (χ1n) is 8.57. The van der Waals surface area contributed by atoms with Crippen molar-refractivity contribution in [3.05, 3.63) is 60.2 Å². The number of carbonyl (C=O) groups is 2. The molecule has 142 valence electrons. The predicted octanol–water partition coefficient (Wildman–Crippen LogP) is 2.47. The summed E-state index contributed by atoms with van der Waals surface area (Å²) in [5.41, 5.74) is 0.586.